The van der Waals surface area contributed by atoms with Gasteiger partial charge in [-0.1, -0.05) is 24.3 Å². The summed E-state index contributed by atoms with van der Waals surface area (Å²) in [5.41, 5.74) is 6.17. The first-order valence-corrected chi connectivity index (χ1v) is 6.37. The van der Waals surface area contributed by atoms with Gasteiger partial charge in [0.25, 0.3) is 0 Å². The molecule has 6 heteroatoms. The minimum Gasteiger partial charge on any atom is -0.481 e. The van der Waals surface area contributed by atoms with E-state index in [1.54, 1.807) is 12.1 Å². The minimum absolute atomic E-state index is 0.0625. The number of carboxylic acid groups (broad SMARTS) is 1. The lowest BCUT2D eigenvalue weighted by Gasteiger charge is -2.17. The number of hydrogen-bond donors (Lipinski definition) is 4. The van der Waals surface area contributed by atoms with Crippen LogP contribution in [-0.4, -0.2) is 39.7 Å². The molecule has 20 heavy (non-hydrogen) atoms. The number of carboxylic acids is 1. The Balaban J connectivity index is 2.68. The summed E-state index contributed by atoms with van der Waals surface area (Å²) >= 11 is 0. The van der Waals surface area contributed by atoms with Crippen molar-refractivity contribution < 1.29 is 24.9 Å². The standard InChI is InChI=1S/C14H19NO5/c15-8-7-12(17)14(20)10-3-1-9(2-4-10)11(16)5-6-13(18)19/h1-4,12,14,17,20H,5-8,15H2,(H,18,19). The lowest BCUT2D eigenvalue weighted by molar-refractivity contribution is -0.136. The van der Waals surface area contributed by atoms with Gasteiger partial charge in [-0.05, 0) is 18.5 Å². The van der Waals surface area contributed by atoms with Gasteiger partial charge in [0, 0.05) is 12.0 Å². The van der Waals surface area contributed by atoms with Gasteiger partial charge >= 0.3 is 5.97 Å². The molecule has 0 spiro atoms. The molecule has 6 nitrogen and oxygen atoms in total. The van der Waals surface area contributed by atoms with Crippen LogP contribution in [0.1, 0.15) is 41.3 Å². The Morgan fingerprint density at radius 2 is 1.70 bits per heavy atom. The Morgan fingerprint density at radius 3 is 2.20 bits per heavy atom. The molecule has 0 saturated carbocycles. The molecule has 1 aromatic rings. The molecule has 0 aromatic heterocycles. The zero-order valence-corrected chi connectivity index (χ0v) is 11.0. The lowest BCUT2D eigenvalue weighted by Crippen LogP contribution is -2.21. The van der Waals surface area contributed by atoms with Crippen molar-refractivity contribution in [3.63, 3.8) is 0 Å². The molecular weight excluding hydrogens is 262 g/mol. The molecule has 110 valence electrons. The molecule has 0 aliphatic rings. The average molecular weight is 281 g/mol. The van der Waals surface area contributed by atoms with E-state index in [2.05, 4.69) is 0 Å². The fourth-order valence-corrected chi connectivity index (χ4v) is 1.78. The van der Waals surface area contributed by atoms with Crippen LogP contribution >= 0.6 is 0 Å². The van der Waals surface area contributed by atoms with Crippen molar-refractivity contribution in [3.8, 4) is 0 Å². The molecule has 0 aliphatic heterocycles. The third-order valence-corrected chi connectivity index (χ3v) is 2.97. The Kier molecular flexibility index (Phi) is 6.30. The normalized spacial score (nSPS) is 13.8. The van der Waals surface area contributed by atoms with Crippen LogP contribution < -0.4 is 5.73 Å². The highest BCUT2D eigenvalue weighted by Crippen LogP contribution is 2.19. The zero-order chi connectivity index (χ0) is 15.1. The number of carbonyl (C=O) groups is 2. The van der Waals surface area contributed by atoms with Crippen LogP contribution in [0.3, 0.4) is 0 Å². The summed E-state index contributed by atoms with van der Waals surface area (Å²) in [6.45, 7) is 0.268. The number of ketones is 1. The molecule has 2 unspecified atom stereocenters. The van der Waals surface area contributed by atoms with Gasteiger partial charge in [0.15, 0.2) is 5.78 Å². The first-order chi connectivity index (χ1) is 9.45. The van der Waals surface area contributed by atoms with Crippen molar-refractivity contribution >= 4 is 11.8 Å². The van der Waals surface area contributed by atoms with Crippen LogP contribution in [0.15, 0.2) is 24.3 Å². The van der Waals surface area contributed by atoms with Crippen molar-refractivity contribution in [3.05, 3.63) is 35.4 Å². The Bertz CT molecular complexity index is 457. The predicted molar refractivity (Wildman–Crippen MR) is 72.3 cm³/mol. The van der Waals surface area contributed by atoms with Gasteiger partial charge in [0.1, 0.15) is 6.10 Å². The zero-order valence-electron chi connectivity index (χ0n) is 11.0. The second-order valence-corrected chi connectivity index (χ2v) is 4.53. The fourth-order valence-electron chi connectivity index (χ4n) is 1.78. The van der Waals surface area contributed by atoms with Gasteiger partial charge < -0.3 is 21.1 Å². The molecule has 0 bridgehead atoms. The van der Waals surface area contributed by atoms with Crippen molar-refractivity contribution in [2.24, 2.45) is 5.73 Å². The van der Waals surface area contributed by atoms with E-state index in [4.69, 9.17) is 10.8 Å². The summed E-state index contributed by atoms with van der Waals surface area (Å²) < 4.78 is 0. The summed E-state index contributed by atoms with van der Waals surface area (Å²) in [5.74, 6) is -1.29. The number of aliphatic hydroxyl groups excluding tert-OH is 2. The van der Waals surface area contributed by atoms with Crippen LogP contribution in [0.5, 0.6) is 0 Å². The molecule has 1 aromatic carbocycles. The average Bonchev–Trinajstić information content (AvgIpc) is 2.44. The number of nitrogens with two attached hydrogens (primary N) is 1. The van der Waals surface area contributed by atoms with E-state index >= 15 is 0 Å². The molecule has 0 fully saturated rings. The monoisotopic (exact) mass is 281 g/mol. The summed E-state index contributed by atoms with van der Waals surface area (Å²) in [5, 5.41) is 28.0. The van der Waals surface area contributed by atoms with E-state index < -0.39 is 18.2 Å². The molecule has 0 saturated heterocycles. The SMILES string of the molecule is NCCC(O)C(O)c1ccc(C(=O)CCC(=O)O)cc1. The molecule has 0 radical (unpaired) electrons. The maximum atomic E-state index is 11.7. The molecule has 0 amide bonds. The third kappa shape index (κ3) is 4.73. The maximum absolute atomic E-state index is 11.7. The molecule has 5 N–H and O–H groups in total. The smallest absolute Gasteiger partial charge is 0.303 e. The van der Waals surface area contributed by atoms with Gasteiger partial charge in [0.2, 0.25) is 0 Å². The fraction of sp³-hybridized carbons (Fsp3) is 0.429. The van der Waals surface area contributed by atoms with Gasteiger partial charge in [-0.25, -0.2) is 0 Å². The summed E-state index contributed by atoms with van der Waals surface area (Å²) in [6, 6.07) is 6.10. The van der Waals surface area contributed by atoms with E-state index in [1.165, 1.54) is 12.1 Å². The first-order valence-electron chi connectivity index (χ1n) is 6.37. The number of benzene rings is 1. The number of aliphatic hydroxyl groups is 2. The highest BCUT2D eigenvalue weighted by molar-refractivity contribution is 5.97. The van der Waals surface area contributed by atoms with E-state index in [0.717, 1.165) is 0 Å². The number of rotatable bonds is 8. The number of carbonyl (C=O) groups excluding carboxylic acids is 1. The van der Waals surface area contributed by atoms with E-state index in [-0.39, 0.29) is 31.6 Å². The quantitative estimate of drug-likeness (QED) is 0.514. The van der Waals surface area contributed by atoms with Crippen LogP contribution in [0, 0.1) is 0 Å². The predicted octanol–water partition coefficient (Wildman–Crippen LogP) is 0.477. The third-order valence-electron chi connectivity index (χ3n) is 2.97. The Labute approximate surface area is 116 Å². The second kappa shape index (κ2) is 7.74. The van der Waals surface area contributed by atoms with Crippen LogP contribution in [0.2, 0.25) is 0 Å². The van der Waals surface area contributed by atoms with Gasteiger partial charge in [-0.15, -0.1) is 0 Å². The lowest BCUT2D eigenvalue weighted by atomic mass is 9.99. The summed E-state index contributed by atoms with van der Waals surface area (Å²) in [7, 11) is 0. The van der Waals surface area contributed by atoms with E-state index in [0.29, 0.717) is 11.1 Å². The van der Waals surface area contributed by atoms with Crippen LogP contribution in [0.4, 0.5) is 0 Å². The maximum Gasteiger partial charge on any atom is 0.303 e. The summed E-state index contributed by atoms with van der Waals surface area (Å²) in [4.78, 5) is 22.1. The highest BCUT2D eigenvalue weighted by Gasteiger charge is 2.18. The molecule has 0 aliphatic carbocycles. The van der Waals surface area contributed by atoms with Crippen molar-refractivity contribution in [2.45, 2.75) is 31.5 Å². The van der Waals surface area contributed by atoms with Crippen molar-refractivity contribution in [1.29, 1.82) is 0 Å². The molecule has 1 rings (SSSR count). The van der Waals surface area contributed by atoms with Gasteiger partial charge in [-0.2, -0.15) is 0 Å². The van der Waals surface area contributed by atoms with E-state index in [9.17, 15) is 19.8 Å². The largest absolute Gasteiger partial charge is 0.481 e. The van der Waals surface area contributed by atoms with Crippen LogP contribution in [-0.2, 0) is 4.79 Å². The van der Waals surface area contributed by atoms with Crippen LogP contribution in [0.25, 0.3) is 0 Å². The second-order valence-electron chi connectivity index (χ2n) is 4.53. The van der Waals surface area contributed by atoms with Crippen molar-refractivity contribution in [2.75, 3.05) is 6.54 Å². The number of Topliss-reactive ketones (excluding diaryl/α,β-unsaturated/α-hetero) is 1. The first kappa shape index (κ1) is 16.3. The highest BCUT2D eigenvalue weighted by atomic mass is 16.4. The molecular formula is C14H19NO5. The Morgan fingerprint density at radius 1 is 1.10 bits per heavy atom. The molecule has 2 atom stereocenters. The number of hydrogen-bond acceptors (Lipinski definition) is 5. The van der Waals surface area contributed by atoms with Gasteiger partial charge in [0.05, 0.1) is 12.5 Å². The number of aliphatic carboxylic acids is 1. The minimum atomic E-state index is -1.05. The molecule has 0 heterocycles. The Hall–Kier alpha value is -1.76. The summed E-state index contributed by atoms with van der Waals surface area (Å²) in [6.07, 6.45) is -2.00. The van der Waals surface area contributed by atoms with Gasteiger partial charge in [-0.3, -0.25) is 9.59 Å². The van der Waals surface area contributed by atoms with Crippen molar-refractivity contribution in [1.82, 2.24) is 0 Å². The van der Waals surface area contributed by atoms with E-state index in [1.807, 2.05) is 0 Å². The topological polar surface area (TPSA) is 121 Å².